The van der Waals surface area contributed by atoms with Crippen molar-refractivity contribution in [3.05, 3.63) is 24.3 Å². The summed E-state index contributed by atoms with van der Waals surface area (Å²) in [4.78, 5) is 1.52. The van der Waals surface area contributed by atoms with E-state index in [0.29, 0.717) is 10.7 Å². The minimum Gasteiger partial charge on any atom is -0.497 e. The fourth-order valence-electron chi connectivity index (χ4n) is 3.18. The van der Waals surface area contributed by atoms with Gasteiger partial charge < -0.3 is 20.3 Å². The molecule has 1 aromatic carbocycles. The molecule has 122 valence electrons. The molecule has 1 aromatic rings. The van der Waals surface area contributed by atoms with Gasteiger partial charge in [-0.3, -0.25) is 0 Å². The van der Waals surface area contributed by atoms with E-state index >= 15 is 0 Å². The average Bonchev–Trinajstić information content (AvgIpc) is 2.54. The highest BCUT2D eigenvalue weighted by Gasteiger charge is 2.37. The Kier molecular flexibility index (Phi) is 6.03. The van der Waals surface area contributed by atoms with Crippen molar-refractivity contribution in [2.45, 2.75) is 37.6 Å². The van der Waals surface area contributed by atoms with E-state index < -0.39 is 0 Å². The largest absolute Gasteiger partial charge is 0.497 e. The van der Waals surface area contributed by atoms with Crippen LogP contribution in [0.1, 0.15) is 32.1 Å². The second-order valence-corrected chi connectivity index (χ2v) is 6.79. The van der Waals surface area contributed by atoms with Crippen LogP contribution >= 0.6 is 12.2 Å². The third kappa shape index (κ3) is 4.34. The molecular formula is C17H28N3OS+. The van der Waals surface area contributed by atoms with Crippen LogP contribution in [0.2, 0.25) is 0 Å². The lowest BCUT2D eigenvalue weighted by atomic mass is 9.80. The molecular weight excluding hydrogens is 294 g/mol. The van der Waals surface area contributed by atoms with Crippen molar-refractivity contribution in [3.8, 4) is 5.75 Å². The number of rotatable bonds is 5. The number of anilines is 1. The lowest BCUT2D eigenvalue weighted by Gasteiger charge is -2.40. The average molecular weight is 322 g/mol. The molecule has 2 rings (SSSR count). The topological polar surface area (TPSA) is 37.7 Å². The van der Waals surface area contributed by atoms with Crippen molar-refractivity contribution in [1.29, 1.82) is 0 Å². The summed E-state index contributed by atoms with van der Waals surface area (Å²) in [5, 5.41) is 7.36. The van der Waals surface area contributed by atoms with Crippen LogP contribution in [0.15, 0.2) is 24.3 Å². The molecule has 0 spiro atoms. The molecule has 0 atom stereocenters. The van der Waals surface area contributed by atoms with Gasteiger partial charge in [-0.1, -0.05) is 6.42 Å². The van der Waals surface area contributed by atoms with Crippen molar-refractivity contribution in [1.82, 2.24) is 5.32 Å². The molecule has 0 aromatic heterocycles. The van der Waals surface area contributed by atoms with Gasteiger partial charge in [-0.15, -0.1) is 0 Å². The fourth-order valence-corrected chi connectivity index (χ4v) is 3.37. The molecule has 5 heteroatoms. The molecule has 1 fully saturated rings. The Labute approximate surface area is 139 Å². The lowest BCUT2D eigenvalue weighted by molar-refractivity contribution is -0.916. The van der Waals surface area contributed by atoms with Crippen molar-refractivity contribution in [2.75, 3.05) is 33.1 Å². The summed E-state index contributed by atoms with van der Waals surface area (Å²) >= 11 is 5.44. The molecule has 0 bridgehead atoms. The smallest absolute Gasteiger partial charge is 0.171 e. The third-order valence-corrected chi connectivity index (χ3v) is 5.05. The van der Waals surface area contributed by atoms with E-state index in [-0.39, 0.29) is 0 Å². The second kappa shape index (κ2) is 7.79. The van der Waals surface area contributed by atoms with Gasteiger partial charge in [-0.2, -0.15) is 0 Å². The maximum Gasteiger partial charge on any atom is 0.171 e. The summed E-state index contributed by atoms with van der Waals surface area (Å²) < 4.78 is 5.16. The fraction of sp³-hybridized carbons (Fsp3) is 0.588. The third-order valence-electron chi connectivity index (χ3n) is 4.81. The predicted molar refractivity (Wildman–Crippen MR) is 95.8 cm³/mol. The Morgan fingerprint density at radius 1 is 1.18 bits per heavy atom. The molecule has 22 heavy (non-hydrogen) atoms. The number of quaternary nitrogens is 1. The first-order valence-corrected chi connectivity index (χ1v) is 8.46. The highest BCUT2D eigenvalue weighted by atomic mass is 32.1. The van der Waals surface area contributed by atoms with Crippen LogP contribution in [-0.4, -0.2) is 38.4 Å². The van der Waals surface area contributed by atoms with Crippen LogP contribution < -0.4 is 20.3 Å². The number of methoxy groups -OCH3 is 1. The van der Waals surface area contributed by atoms with E-state index in [4.69, 9.17) is 17.0 Å². The zero-order valence-corrected chi connectivity index (χ0v) is 14.7. The van der Waals surface area contributed by atoms with E-state index in [1.807, 2.05) is 24.3 Å². The summed E-state index contributed by atoms with van der Waals surface area (Å²) in [6.45, 7) is 0.928. The van der Waals surface area contributed by atoms with Gasteiger partial charge in [0.05, 0.1) is 27.7 Å². The van der Waals surface area contributed by atoms with Crippen LogP contribution in [0.25, 0.3) is 0 Å². The molecule has 0 saturated heterocycles. The van der Waals surface area contributed by atoms with Gasteiger partial charge in [-0.25, -0.2) is 0 Å². The molecule has 0 heterocycles. The minimum absolute atomic E-state index is 0.309. The molecule has 0 aliphatic heterocycles. The van der Waals surface area contributed by atoms with E-state index in [1.165, 1.54) is 37.0 Å². The SMILES string of the molecule is COc1ccc(NC(=S)NCC2([NH+](C)C)CCCCC2)cc1. The van der Waals surface area contributed by atoms with Crippen LogP contribution in [0.5, 0.6) is 5.75 Å². The molecule has 1 aliphatic rings. The number of benzene rings is 1. The summed E-state index contributed by atoms with van der Waals surface area (Å²) in [6.07, 6.45) is 6.56. The number of ether oxygens (including phenoxy) is 1. The number of likely N-dealkylation sites (N-methyl/N-ethyl adjacent to an activating group) is 1. The van der Waals surface area contributed by atoms with E-state index in [0.717, 1.165) is 18.0 Å². The van der Waals surface area contributed by atoms with Gasteiger partial charge in [0.15, 0.2) is 5.11 Å². The number of thiocarbonyl (C=S) groups is 1. The number of nitrogens with one attached hydrogen (secondary N) is 3. The van der Waals surface area contributed by atoms with Crippen LogP contribution in [-0.2, 0) is 0 Å². The van der Waals surface area contributed by atoms with E-state index in [2.05, 4.69) is 24.7 Å². The summed E-state index contributed by atoms with van der Waals surface area (Å²) in [6, 6.07) is 7.80. The van der Waals surface area contributed by atoms with E-state index in [9.17, 15) is 0 Å². The quantitative estimate of drug-likeness (QED) is 0.723. The molecule has 0 amide bonds. The molecule has 1 aliphatic carbocycles. The molecule has 1 saturated carbocycles. The summed E-state index contributed by atoms with van der Waals surface area (Å²) in [5.74, 6) is 0.849. The number of hydrogen-bond donors (Lipinski definition) is 3. The van der Waals surface area contributed by atoms with Crippen molar-refractivity contribution in [3.63, 3.8) is 0 Å². The van der Waals surface area contributed by atoms with Crippen LogP contribution in [0.3, 0.4) is 0 Å². The first-order valence-electron chi connectivity index (χ1n) is 8.05. The zero-order valence-electron chi connectivity index (χ0n) is 13.9. The molecule has 3 N–H and O–H groups in total. The second-order valence-electron chi connectivity index (χ2n) is 6.38. The zero-order chi connectivity index (χ0) is 16.0. The predicted octanol–water partition coefficient (Wildman–Crippen LogP) is 1.83. The lowest BCUT2D eigenvalue weighted by Crippen LogP contribution is -3.16. The van der Waals surface area contributed by atoms with Crippen molar-refractivity contribution in [2.24, 2.45) is 0 Å². The van der Waals surface area contributed by atoms with Crippen molar-refractivity contribution >= 4 is 23.0 Å². The Balaban J connectivity index is 1.87. The van der Waals surface area contributed by atoms with Gasteiger partial charge in [0, 0.05) is 18.5 Å². The Hall–Kier alpha value is -1.33. The van der Waals surface area contributed by atoms with E-state index in [1.54, 1.807) is 7.11 Å². The van der Waals surface area contributed by atoms with Gasteiger partial charge >= 0.3 is 0 Å². The highest BCUT2D eigenvalue weighted by Crippen LogP contribution is 2.25. The Bertz CT molecular complexity index is 481. The van der Waals surface area contributed by atoms with Crippen LogP contribution in [0.4, 0.5) is 5.69 Å². The van der Waals surface area contributed by atoms with Crippen LogP contribution in [0, 0.1) is 0 Å². The normalized spacial score (nSPS) is 17.1. The van der Waals surface area contributed by atoms with Gasteiger partial charge in [0.1, 0.15) is 11.3 Å². The molecule has 0 radical (unpaired) electrons. The van der Waals surface area contributed by atoms with Crippen molar-refractivity contribution < 1.29 is 9.64 Å². The maximum absolute atomic E-state index is 5.44. The minimum atomic E-state index is 0.309. The Morgan fingerprint density at radius 2 is 1.82 bits per heavy atom. The van der Waals surface area contributed by atoms with Gasteiger partial charge in [-0.05, 0) is 49.3 Å². The first kappa shape index (κ1) is 17.0. The summed E-state index contributed by atoms with van der Waals surface area (Å²) in [7, 11) is 6.18. The maximum atomic E-state index is 5.44. The van der Waals surface area contributed by atoms with Gasteiger partial charge in [0.2, 0.25) is 0 Å². The van der Waals surface area contributed by atoms with Gasteiger partial charge in [0.25, 0.3) is 0 Å². The highest BCUT2D eigenvalue weighted by molar-refractivity contribution is 7.80. The number of hydrogen-bond acceptors (Lipinski definition) is 2. The molecule has 4 nitrogen and oxygen atoms in total. The monoisotopic (exact) mass is 322 g/mol. The molecule has 0 unspecified atom stereocenters. The summed E-state index contributed by atoms with van der Waals surface area (Å²) in [5.41, 5.74) is 1.29. The Morgan fingerprint density at radius 3 is 2.36 bits per heavy atom. The standard InChI is InChI=1S/C17H27N3OS/c1-20(2)17(11-5-4-6-12-17)13-18-16(22)19-14-7-9-15(21-3)10-8-14/h7-10H,4-6,11-13H2,1-3H3,(H2,18,19,22)/p+1. The first-order chi connectivity index (χ1) is 10.6.